The fraction of sp³-hybridized carbons (Fsp3) is 0.231. The maximum Gasteiger partial charge on any atom is 0.455 e. The summed E-state index contributed by atoms with van der Waals surface area (Å²) in [5, 5.41) is 0.809. The van der Waals surface area contributed by atoms with Crippen molar-refractivity contribution in [2.75, 3.05) is 0 Å². The van der Waals surface area contributed by atoms with Gasteiger partial charge in [-0.1, -0.05) is 41.9 Å². The molecule has 0 saturated carbocycles. The highest BCUT2D eigenvalue weighted by atomic mass is 35.5. The van der Waals surface area contributed by atoms with Gasteiger partial charge in [0.05, 0.1) is 0 Å². The summed E-state index contributed by atoms with van der Waals surface area (Å²) in [6.07, 6.45) is -5.72. The molecule has 0 aliphatic heterocycles. The van der Waals surface area contributed by atoms with Crippen LogP contribution in [0.25, 0.3) is 10.8 Å². The Balaban J connectivity index is 2.62. The number of fused-ring (bicyclic) bond motifs is 1. The van der Waals surface area contributed by atoms with Gasteiger partial charge in [0.15, 0.2) is 0 Å². The predicted octanol–water partition coefficient (Wildman–Crippen LogP) is 4.69. The Morgan fingerprint density at radius 2 is 1.45 bits per heavy atom. The molecule has 1 nitrogen and oxygen atoms in total. The fourth-order valence-corrected chi connectivity index (χ4v) is 2.16. The van der Waals surface area contributed by atoms with E-state index in [1.807, 2.05) is 0 Å². The minimum absolute atomic E-state index is 0.177. The van der Waals surface area contributed by atoms with Gasteiger partial charge in [0, 0.05) is 10.4 Å². The second kappa shape index (κ2) is 4.86. The fourth-order valence-electron chi connectivity index (χ4n) is 1.93. The molecular formula is C13H9ClF5N. The molecule has 2 aromatic rings. The third-order valence-electron chi connectivity index (χ3n) is 3.01. The summed E-state index contributed by atoms with van der Waals surface area (Å²) < 4.78 is 63.9. The topological polar surface area (TPSA) is 26.0 Å². The lowest BCUT2D eigenvalue weighted by Gasteiger charge is -2.26. The molecule has 2 rings (SSSR count). The van der Waals surface area contributed by atoms with E-state index in [4.69, 9.17) is 17.3 Å². The monoisotopic (exact) mass is 309 g/mol. The Bertz CT molecular complexity index is 638. The van der Waals surface area contributed by atoms with Crippen molar-refractivity contribution < 1.29 is 22.0 Å². The zero-order chi connectivity index (χ0) is 15.1. The first-order chi connectivity index (χ1) is 9.16. The summed E-state index contributed by atoms with van der Waals surface area (Å²) in [6.45, 7) is 0. The van der Waals surface area contributed by atoms with E-state index in [0.717, 1.165) is 6.07 Å². The first kappa shape index (κ1) is 15.0. The van der Waals surface area contributed by atoms with Crippen molar-refractivity contribution in [2.45, 2.75) is 18.1 Å². The normalized spacial score (nSPS) is 14.6. The van der Waals surface area contributed by atoms with E-state index in [9.17, 15) is 22.0 Å². The van der Waals surface area contributed by atoms with Gasteiger partial charge in [-0.05, 0) is 17.0 Å². The quantitative estimate of drug-likeness (QED) is 0.800. The van der Waals surface area contributed by atoms with E-state index in [1.54, 1.807) is 6.07 Å². The number of hydrogen-bond acceptors (Lipinski definition) is 1. The minimum atomic E-state index is -5.72. The molecule has 0 radical (unpaired) electrons. The molecule has 0 spiro atoms. The Morgan fingerprint density at radius 1 is 0.900 bits per heavy atom. The first-order valence-electron chi connectivity index (χ1n) is 5.53. The molecule has 0 aliphatic carbocycles. The molecule has 0 fully saturated rings. The number of halogens is 6. The first-order valence-corrected chi connectivity index (χ1v) is 5.91. The molecular weight excluding hydrogens is 301 g/mol. The minimum Gasteiger partial charge on any atom is -0.319 e. The Labute approximate surface area is 116 Å². The Morgan fingerprint density at radius 3 is 2.00 bits per heavy atom. The maximum absolute atomic E-state index is 13.4. The van der Waals surface area contributed by atoms with Crippen molar-refractivity contribution in [2.24, 2.45) is 5.73 Å². The number of hydrogen-bond donors (Lipinski definition) is 1. The summed E-state index contributed by atoms with van der Waals surface area (Å²) in [7, 11) is 0. The van der Waals surface area contributed by atoms with Crippen LogP contribution >= 0.6 is 11.6 Å². The lowest BCUT2D eigenvalue weighted by molar-refractivity contribution is -0.290. The van der Waals surface area contributed by atoms with Gasteiger partial charge in [0.25, 0.3) is 0 Å². The highest BCUT2D eigenvalue weighted by molar-refractivity contribution is 6.35. The van der Waals surface area contributed by atoms with E-state index in [-0.39, 0.29) is 16.0 Å². The molecule has 0 saturated heterocycles. The predicted molar refractivity (Wildman–Crippen MR) is 66.9 cm³/mol. The molecule has 1 unspecified atom stereocenters. The van der Waals surface area contributed by atoms with Crippen LogP contribution in [-0.4, -0.2) is 12.1 Å². The van der Waals surface area contributed by atoms with Crippen molar-refractivity contribution in [3.8, 4) is 0 Å². The molecule has 0 aromatic heterocycles. The molecule has 20 heavy (non-hydrogen) atoms. The van der Waals surface area contributed by atoms with Gasteiger partial charge in [-0.2, -0.15) is 22.0 Å². The molecule has 2 N–H and O–H groups in total. The standard InChI is InChI=1S/C13H9ClF5N/c14-10-6-5-9(7-3-1-2-4-8(7)10)11(20)12(15,16)13(17,18)19/h1-6,11H,20H2. The molecule has 108 valence electrons. The van der Waals surface area contributed by atoms with Crippen LogP contribution in [0.15, 0.2) is 36.4 Å². The van der Waals surface area contributed by atoms with Crippen LogP contribution in [0, 0.1) is 0 Å². The third-order valence-corrected chi connectivity index (χ3v) is 3.34. The average molecular weight is 310 g/mol. The second-order valence-electron chi connectivity index (χ2n) is 4.28. The van der Waals surface area contributed by atoms with Crippen molar-refractivity contribution >= 4 is 22.4 Å². The number of benzene rings is 2. The zero-order valence-corrected chi connectivity index (χ0v) is 10.6. The van der Waals surface area contributed by atoms with Gasteiger partial charge in [0.2, 0.25) is 0 Å². The zero-order valence-electron chi connectivity index (χ0n) is 9.89. The molecule has 0 heterocycles. The largest absolute Gasteiger partial charge is 0.455 e. The van der Waals surface area contributed by atoms with Crippen molar-refractivity contribution in [1.29, 1.82) is 0 Å². The lowest BCUT2D eigenvalue weighted by atomic mass is 9.95. The summed E-state index contributed by atoms with van der Waals surface area (Å²) in [5.41, 5.74) is 4.86. The maximum atomic E-state index is 13.4. The van der Waals surface area contributed by atoms with Gasteiger partial charge in [0.1, 0.15) is 6.04 Å². The smallest absolute Gasteiger partial charge is 0.319 e. The van der Waals surface area contributed by atoms with Gasteiger partial charge >= 0.3 is 12.1 Å². The van der Waals surface area contributed by atoms with Crippen molar-refractivity contribution in [3.63, 3.8) is 0 Å². The van der Waals surface area contributed by atoms with Crippen LogP contribution < -0.4 is 5.73 Å². The van der Waals surface area contributed by atoms with Gasteiger partial charge < -0.3 is 5.73 Å². The highest BCUT2D eigenvalue weighted by Gasteiger charge is 2.61. The van der Waals surface area contributed by atoms with Crippen LogP contribution in [-0.2, 0) is 0 Å². The Kier molecular flexibility index (Phi) is 3.64. The SMILES string of the molecule is NC(c1ccc(Cl)c2ccccc12)C(F)(F)C(F)(F)F. The number of alkyl halides is 5. The molecule has 7 heteroatoms. The summed E-state index contributed by atoms with van der Waals surface area (Å²) in [5.74, 6) is -5.02. The Hall–Kier alpha value is -1.40. The second-order valence-corrected chi connectivity index (χ2v) is 4.69. The molecule has 0 amide bonds. The number of rotatable bonds is 2. The number of nitrogens with two attached hydrogens (primary N) is 1. The van der Waals surface area contributed by atoms with Crippen molar-refractivity contribution in [1.82, 2.24) is 0 Å². The molecule has 1 atom stereocenters. The molecule has 0 aliphatic rings. The van der Waals surface area contributed by atoms with E-state index < -0.39 is 18.1 Å². The van der Waals surface area contributed by atoms with Crippen LogP contribution in [0.2, 0.25) is 5.02 Å². The third kappa shape index (κ3) is 2.33. The summed E-state index contributed by atoms with van der Waals surface area (Å²) in [6, 6.07) is 5.90. The van der Waals surface area contributed by atoms with Gasteiger partial charge in [-0.15, -0.1) is 0 Å². The van der Waals surface area contributed by atoms with Crippen molar-refractivity contribution in [3.05, 3.63) is 47.0 Å². The van der Waals surface area contributed by atoms with Crippen LogP contribution in [0.1, 0.15) is 11.6 Å². The molecule has 0 bridgehead atoms. The summed E-state index contributed by atoms with van der Waals surface area (Å²) >= 11 is 5.89. The lowest BCUT2D eigenvalue weighted by Crippen LogP contribution is -2.45. The van der Waals surface area contributed by atoms with E-state index in [2.05, 4.69) is 0 Å². The van der Waals surface area contributed by atoms with Crippen LogP contribution in [0.4, 0.5) is 22.0 Å². The van der Waals surface area contributed by atoms with Crippen LogP contribution in [0.5, 0.6) is 0 Å². The van der Waals surface area contributed by atoms with Gasteiger partial charge in [-0.25, -0.2) is 0 Å². The van der Waals surface area contributed by atoms with E-state index in [0.29, 0.717) is 5.39 Å². The molecule has 2 aromatic carbocycles. The van der Waals surface area contributed by atoms with E-state index >= 15 is 0 Å². The average Bonchev–Trinajstić information content (AvgIpc) is 2.37. The van der Waals surface area contributed by atoms with Gasteiger partial charge in [-0.3, -0.25) is 0 Å². The van der Waals surface area contributed by atoms with E-state index in [1.165, 1.54) is 24.3 Å². The van der Waals surface area contributed by atoms with Crippen LogP contribution in [0.3, 0.4) is 0 Å². The summed E-state index contributed by atoms with van der Waals surface area (Å²) in [4.78, 5) is 0. The highest BCUT2D eigenvalue weighted by Crippen LogP contribution is 2.45.